The van der Waals surface area contributed by atoms with Crippen LogP contribution >= 0.6 is 31.9 Å². The van der Waals surface area contributed by atoms with E-state index in [-0.39, 0.29) is 0 Å². The van der Waals surface area contributed by atoms with Crippen LogP contribution in [0.25, 0.3) is 11.5 Å². The van der Waals surface area contributed by atoms with Gasteiger partial charge in [0.2, 0.25) is 5.89 Å². The Labute approximate surface area is 117 Å². The van der Waals surface area contributed by atoms with Crippen LogP contribution < -0.4 is 5.32 Å². The summed E-state index contributed by atoms with van der Waals surface area (Å²) in [6.07, 6.45) is 1.69. The van der Waals surface area contributed by atoms with Crippen molar-refractivity contribution in [2.24, 2.45) is 0 Å². The van der Waals surface area contributed by atoms with Crippen LogP contribution in [0.2, 0.25) is 0 Å². The fourth-order valence-corrected chi connectivity index (χ4v) is 2.74. The molecule has 2 aromatic rings. The van der Waals surface area contributed by atoms with Crippen LogP contribution in [0.4, 0.5) is 0 Å². The Morgan fingerprint density at radius 1 is 1.24 bits per heavy atom. The van der Waals surface area contributed by atoms with Crippen molar-refractivity contribution in [2.45, 2.75) is 13.5 Å². The normalized spacial score (nSPS) is 10.8. The van der Waals surface area contributed by atoms with Crippen molar-refractivity contribution < 1.29 is 4.42 Å². The van der Waals surface area contributed by atoms with Crippen molar-refractivity contribution in [2.75, 3.05) is 6.54 Å². The Balaban J connectivity index is 2.24. The Bertz CT molecular complexity index is 491. The third-order valence-corrected chi connectivity index (χ3v) is 3.13. The fourth-order valence-electron chi connectivity index (χ4n) is 1.45. The molecule has 0 bridgehead atoms. The zero-order chi connectivity index (χ0) is 12.3. The molecule has 90 valence electrons. The molecule has 0 aliphatic carbocycles. The van der Waals surface area contributed by atoms with Gasteiger partial charge in [-0.1, -0.05) is 38.8 Å². The first-order valence-electron chi connectivity index (χ1n) is 5.30. The van der Waals surface area contributed by atoms with E-state index in [1.165, 1.54) is 0 Å². The highest BCUT2D eigenvalue weighted by atomic mass is 79.9. The molecular weight excluding hydrogens is 348 g/mol. The van der Waals surface area contributed by atoms with Gasteiger partial charge in [-0.2, -0.15) is 0 Å². The van der Waals surface area contributed by atoms with Crippen molar-refractivity contribution in [3.8, 4) is 11.5 Å². The maximum atomic E-state index is 5.46. The molecule has 1 N–H and O–H groups in total. The molecule has 0 amide bonds. The summed E-state index contributed by atoms with van der Waals surface area (Å²) in [6.45, 7) is 3.71. The van der Waals surface area contributed by atoms with Crippen LogP contribution in [0.1, 0.15) is 12.6 Å². The van der Waals surface area contributed by atoms with E-state index in [9.17, 15) is 0 Å². The number of rotatable bonds is 4. The Morgan fingerprint density at radius 3 is 2.59 bits per heavy atom. The van der Waals surface area contributed by atoms with Gasteiger partial charge < -0.3 is 9.73 Å². The summed E-state index contributed by atoms with van der Waals surface area (Å²) in [4.78, 5) is 4.43. The third kappa shape index (κ3) is 3.40. The minimum Gasteiger partial charge on any atom is -0.444 e. The highest BCUT2D eigenvalue weighted by Gasteiger charge is 2.07. The van der Waals surface area contributed by atoms with Gasteiger partial charge in [-0.25, -0.2) is 4.98 Å². The molecule has 0 radical (unpaired) electrons. The second-order valence-corrected chi connectivity index (χ2v) is 5.41. The molecular formula is C12H12Br2N2O. The monoisotopic (exact) mass is 358 g/mol. The molecule has 0 aliphatic heterocycles. The van der Waals surface area contributed by atoms with E-state index < -0.39 is 0 Å². The second-order valence-electron chi connectivity index (χ2n) is 3.58. The van der Waals surface area contributed by atoms with Gasteiger partial charge in [0.25, 0.3) is 0 Å². The first kappa shape index (κ1) is 12.8. The zero-order valence-electron chi connectivity index (χ0n) is 9.34. The van der Waals surface area contributed by atoms with Crippen molar-refractivity contribution in [3.05, 3.63) is 39.1 Å². The lowest BCUT2D eigenvalue weighted by molar-refractivity contribution is 0.570. The van der Waals surface area contributed by atoms with E-state index >= 15 is 0 Å². The highest BCUT2D eigenvalue weighted by Crippen LogP contribution is 2.27. The highest BCUT2D eigenvalue weighted by molar-refractivity contribution is 9.11. The summed E-state index contributed by atoms with van der Waals surface area (Å²) < 4.78 is 7.45. The fraction of sp³-hybridized carbons (Fsp3) is 0.250. The average molecular weight is 360 g/mol. The number of hydrogen-bond donors (Lipinski definition) is 1. The van der Waals surface area contributed by atoms with Crippen molar-refractivity contribution in [3.63, 3.8) is 0 Å². The zero-order valence-corrected chi connectivity index (χ0v) is 12.5. The van der Waals surface area contributed by atoms with Gasteiger partial charge in [0.15, 0.2) is 0 Å². The van der Waals surface area contributed by atoms with Crippen LogP contribution in [0.15, 0.2) is 37.8 Å². The van der Waals surface area contributed by atoms with Gasteiger partial charge in [0, 0.05) is 21.1 Å². The molecule has 5 heteroatoms. The maximum absolute atomic E-state index is 5.46. The Hall–Kier alpha value is -0.650. The van der Waals surface area contributed by atoms with Gasteiger partial charge in [-0.05, 0) is 24.7 Å². The van der Waals surface area contributed by atoms with Gasteiger partial charge in [-0.3, -0.25) is 0 Å². The van der Waals surface area contributed by atoms with Crippen LogP contribution in [0.5, 0.6) is 0 Å². The molecule has 3 nitrogen and oxygen atoms in total. The van der Waals surface area contributed by atoms with Gasteiger partial charge in [0.05, 0.1) is 5.69 Å². The van der Waals surface area contributed by atoms with Gasteiger partial charge in [0.1, 0.15) is 6.26 Å². The predicted octanol–water partition coefficient (Wildman–Crippen LogP) is 3.98. The summed E-state index contributed by atoms with van der Waals surface area (Å²) in [5.74, 6) is 0.639. The summed E-state index contributed by atoms with van der Waals surface area (Å²) >= 11 is 6.89. The minimum absolute atomic E-state index is 0.639. The first-order chi connectivity index (χ1) is 8.19. The smallest absolute Gasteiger partial charge is 0.226 e. The molecule has 0 saturated heterocycles. The quantitative estimate of drug-likeness (QED) is 0.897. The number of oxazole rings is 1. The van der Waals surface area contributed by atoms with E-state index in [0.29, 0.717) is 5.89 Å². The summed E-state index contributed by atoms with van der Waals surface area (Å²) in [7, 11) is 0. The topological polar surface area (TPSA) is 38.1 Å². The summed E-state index contributed by atoms with van der Waals surface area (Å²) in [5.41, 5.74) is 1.87. The predicted molar refractivity (Wildman–Crippen MR) is 74.7 cm³/mol. The van der Waals surface area contributed by atoms with Crippen molar-refractivity contribution in [1.29, 1.82) is 0 Å². The number of benzene rings is 1. The standard InChI is InChI=1S/C12H12Br2N2O/c1-2-15-6-11-7-17-12(16-11)8-3-9(13)5-10(14)4-8/h3-5,7,15H,2,6H2,1H3. The molecule has 0 spiro atoms. The van der Waals surface area contributed by atoms with Crippen LogP contribution in [-0.4, -0.2) is 11.5 Å². The maximum Gasteiger partial charge on any atom is 0.226 e. The van der Waals surface area contributed by atoms with Crippen LogP contribution in [0, 0.1) is 0 Å². The molecule has 0 atom stereocenters. The van der Waals surface area contributed by atoms with E-state index in [1.807, 2.05) is 18.2 Å². The van der Waals surface area contributed by atoms with E-state index in [4.69, 9.17) is 4.42 Å². The lowest BCUT2D eigenvalue weighted by Gasteiger charge is -1.98. The molecule has 0 saturated carbocycles. The first-order valence-corrected chi connectivity index (χ1v) is 6.89. The third-order valence-electron chi connectivity index (χ3n) is 2.22. The number of nitrogens with one attached hydrogen (secondary N) is 1. The van der Waals surface area contributed by atoms with Crippen molar-refractivity contribution in [1.82, 2.24) is 10.3 Å². The number of hydrogen-bond acceptors (Lipinski definition) is 3. The van der Waals surface area contributed by atoms with E-state index in [1.54, 1.807) is 6.26 Å². The van der Waals surface area contributed by atoms with Crippen LogP contribution in [0.3, 0.4) is 0 Å². The molecule has 1 heterocycles. The lowest BCUT2D eigenvalue weighted by Crippen LogP contribution is -2.11. The largest absolute Gasteiger partial charge is 0.444 e. The number of nitrogens with zero attached hydrogens (tertiary/aromatic N) is 1. The van der Waals surface area contributed by atoms with Crippen LogP contribution in [-0.2, 0) is 6.54 Å². The molecule has 17 heavy (non-hydrogen) atoms. The molecule has 0 unspecified atom stereocenters. The summed E-state index contributed by atoms with van der Waals surface area (Å²) in [6, 6.07) is 5.94. The SMILES string of the molecule is CCNCc1coc(-c2cc(Br)cc(Br)c2)n1. The van der Waals surface area contributed by atoms with Gasteiger partial charge in [-0.15, -0.1) is 0 Å². The molecule has 1 aromatic heterocycles. The van der Waals surface area contributed by atoms with E-state index in [0.717, 1.165) is 33.3 Å². The number of aromatic nitrogens is 1. The second kappa shape index (κ2) is 5.80. The molecule has 2 rings (SSSR count). The number of halogens is 2. The summed E-state index contributed by atoms with van der Waals surface area (Å²) in [5, 5.41) is 3.21. The molecule has 0 fully saturated rings. The van der Waals surface area contributed by atoms with E-state index in [2.05, 4.69) is 49.1 Å². The Morgan fingerprint density at radius 2 is 1.94 bits per heavy atom. The molecule has 1 aromatic carbocycles. The average Bonchev–Trinajstić information content (AvgIpc) is 2.73. The molecule has 0 aliphatic rings. The lowest BCUT2D eigenvalue weighted by atomic mass is 10.2. The van der Waals surface area contributed by atoms with Crippen molar-refractivity contribution >= 4 is 31.9 Å². The van der Waals surface area contributed by atoms with Gasteiger partial charge >= 0.3 is 0 Å². The minimum atomic E-state index is 0.639. The Kier molecular flexibility index (Phi) is 4.36.